The summed E-state index contributed by atoms with van der Waals surface area (Å²) in [5.74, 6) is -0.0278. The lowest BCUT2D eigenvalue weighted by atomic mass is 9.96. The number of ether oxygens (including phenoxy) is 1. The highest BCUT2D eigenvalue weighted by molar-refractivity contribution is 5.97. The average Bonchev–Trinajstić information content (AvgIpc) is 2.68. The molecule has 0 unspecified atom stereocenters. The summed E-state index contributed by atoms with van der Waals surface area (Å²) < 4.78 is 5.22. The molecule has 0 radical (unpaired) electrons. The molecule has 1 aliphatic heterocycles. The summed E-state index contributed by atoms with van der Waals surface area (Å²) >= 11 is 0. The van der Waals surface area contributed by atoms with Crippen LogP contribution in [0.25, 0.3) is 11.1 Å². The van der Waals surface area contributed by atoms with Crippen molar-refractivity contribution in [3.05, 3.63) is 47.8 Å². The van der Waals surface area contributed by atoms with Crippen molar-refractivity contribution in [1.82, 2.24) is 10.3 Å². The second kappa shape index (κ2) is 8.10. The van der Waals surface area contributed by atoms with Crippen LogP contribution in [0.1, 0.15) is 29.3 Å². The molecule has 0 atom stereocenters. The van der Waals surface area contributed by atoms with Crippen molar-refractivity contribution in [2.75, 3.05) is 31.7 Å². The molecule has 0 bridgehead atoms. The van der Waals surface area contributed by atoms with Crippen LogP contribution in [0.15, 0.2) is 36.7 Å². The Morgan fingerprint density at radius 1 is 1.23 bits per heavy atom. The Bertz CT molecular complexity index is 820. The molecule has 3 rings (SSSR count). The number of amides is 2. The van der Waals surface area contributed by atoms with Crippen LogP contribution in [-0.2, 0) is 16.0 Å². The molecule has 1 aliphatic rings. The Morgan fingerprint density at radius 3 is 2.88 bits per heavy atom. The van der Waals surface area contributed by atoms with Gasteiger partial charge in [0.1, 0.15) is 0 Å². The normalized spacial score (nSPS) is 13.5. The minimum Gasteiger partial charge on any atom is -0.380 e. The number of carbonyl (C=O) groups is 2. The van der Waals surface area contributed by atoms with E-state index in [1.807, 2.05) is 25.1 Å². The van der Waals surface area contributed by atoms with E-state index < -0.39 is 0 Å². The van der Waals surface area contributed by atoms with E-state index in [1.54, 1.807) is 24.3 Å². The summed E-state index contributed by atoms with van der Waals surface area (Å²) in [6, 6.07) is 7.83. The molecule has 2 heterocycles. The summed E-state index contributed by atoms with van der Waals surface area (Å²) in [5, 5.41) is 2.82. The van der Waals surface area contributed by atoms with Gasteiger partial charge in [-0.25, -0.2) is 0 Å². The number of rotatable bonds is 6. The molecule has 2 aromatic rings. The zero-order valence-electron chi connectivity index (χ0n) is 15.1. The van der Waals surface area contributed by atoms with Crippen LogP contribution in [0.5, 0.6) is 0 Å². The molecule has 0 saturated carbocycles. The summed E-state index contributed by atoms with van der Waals surface area (Å²) in [6.45, 7) is 3.51. The lowest BCUT2D eigenvalue weighted by Crippen LogP contribution is -2.30. The van der Waals surface area contributed by atoms with Crippen LogP contribution >= 0.6 is 0 Å². The maximum absolute atomic E-state index is 12.3. The Morgan fingerprint density at radius 2 is 2.08 bits per heavy atom. The van der Waals surface area contributed by atoms with Gasteiger partial charge < -0.3 is 15.0 Å². The van der Waals surface area contributed by atoms with E-state index in [0.717, 1.165) is 28.8 Å². The van der Waals surface area contributed by atoms with Gasteiger partial charge in [-0.05, 0) is 42.7 Å². The average molecular weight is 353 g/mol. The van der Waals surface area contributed by atoms with Gasteiger partial charge in [0, 0.05) is 50.3 Å². The van der Waals surface area contributed by atoms with E-state index >= 15 is 0 Å². The molecule has 26 heavy (non-hydrogen) atoms. The number of aryl methyl sites for hydroxylation is 1. The predicted octanol–water partition coefficient (Wildman–Crippen LogP) is 2.42. The zero-order chi connectivity index (χ0) is 18.5. The standard InChI is InChI=1S/C20H23N3O3/c1-3-26-9-8-22-20(25)17-11-16(12-21-13-17)14-4-6-18-15(10-14)5-7-19(24)23(18)2/h4,6,10-13H,3,5,7-9H2,1-2H3,(H,22,25). The summed E-state index contributed by atoms with van der Waals surface area (Å²) in [5.41, 5.74) is 4.47. The molecule has 0 aliphatic carbocycles. The Kier molecular flexibility index (Phi) is 5.63. The van der Waals surface area contributed by atoms with Gasteiger partial charge in [-0.15, -0.1) is 0 Å². The number of carbonyl (C=O) groups excluding carboxylic acids is 2. The Labute approximate surface area is 153 Å². The van der Waals surface area contributed by atoms with Gasteiger partial charge in [-0.2, -0.15) is 0 Å². The third-order valence-electron chi connectivity index (χ3n) is 4.49. The number of hydrogen-bond acceptors (Lipinski definition) is 4. The molecule has 6 heteroatoms. The van der Waals surface area contributed by atoms with Gasteiger partial charge in [0.05, 0.1) is 12.2 Å². The topological polar surface area (TPSA) is 71.5 Å². The van der Waals surface area contributed by atoms with E-state index in [1.165, 1.54) is 0 Å². The van der Waals surface area contributed by atoms with Crippen LogP contribution in [0.3, 0.4) is 0 Å². The molecular formula is C20H23N3O3. The Balaban J connectivity index is 1.78. The fourth-order valence-corrected chi connectivity index (χ4v) is 3.04. The molecular weight excluding hydrogens is 330 g/mol. The molecule has 0 fully saturated rings. The first-order chi connectivity index (χ1) is 12.6. The van der Waals surface area contributed by atoms with Gasteiger partial charge in [0.25, 0.3) is 5.91 Å². The first kappa shape index (κ1) is 18.1. The second-order valence-corrected chi connectivity index (χ2v) is 6.21. The highest BCUT2D eigenvalue weighted by atomic mass is 16.5. The number of benzene rings is 1. The van der Waals surface area contributed by atoms with E-state index in [2.05, 4.69) is 16.4 Å². The van der Waals surface area contributed by atoms with Crippen molar-refractivity contribution in [3.8, 4) is 11.1 Å². The highest BCUT2D eigenvalue weighted by Gasteiger charge is 2.21. The second-order valence-electron chi connectivity index (χ2n) is 6.21. The minimum atomic E-state index is -0.164. The zero-order valence-corrected chi connectivity index (χ0v) is 15.1. The molecule has 1 N–H and O–H groups in total. The van der Waals surface area contributed by atoms with Crippen molar-refractivity contribution in [2.24, 2.45) is 0 Å². The molecule has 0 saturated heterocycles. The van der Waals surface area contributed by atoms with E-state index in [0.29, 0.717) is 31.7 Å². The number of anilines is 1. The maximum atomic E-state index is 12.3. The van der Waals surface area contributed by atoms with Crippen molar-refractivity contribution in [1.29, 1.82) is 0 Å². The lowest BCUT2D eigenvalue weighted by Gasteiger charge is -2.26. The van der Waals surface area contributed by atoms with Crippen LogP contribution in [-0.4, -0.2) is 43.6 Å². The molecule has 2 amide bonds. The summed E-state index contributed by atoms with van der Waals surface area (Å²) in [7, 11) is 1.80. The summed E-state index contributed by atoms with van der Waals surface area (Å²) in [6.07, 6.45) is 4.56. The molecule has 0 spiro atoms. The van der Waals surface area contributed by atoms with Crippen molar-refractivity contribution >= 4 is 17.5 Å². The Hall–Kier alpha value is -2.73. The van der Waals surface area contributed by atoms with Crippen molar-refractivity contribution in [3.63, 3.8) is 0 Å². The highest BCUT2D eigenvalue weighted by Crippen LogP contribution is 2.31. The third-order valence-corrected chi connectivity index (χ3v) is 4.49. The van der Waals surface area contributed by atoms with Gasteiger partial charge in [-0.1, -0.05) is 6.07 Å². The van der Waals surface area contributed by atoms with Crippen LogP contribution < -0.4 is 10.2 Å². The number of nitrogens with zero attached hydrogens (tertiary/aromatic N) is 2. The molecule has 136 valence electrons. The van der Waals surface area contributed by atoms with Crippen LogP contribution in [0, 0.1) is 0 Å². The lowest BCUT2D eigenvalue weighted by molar-refractivity contribution is -0.118. The van der Waals surface area contributed by atoms with E-state index in [4.69, 9.17) is 4.74 Å². The number of hydrogen-bond donors (Lipinski definition) is 1. The molecule has 1 aromatic carbocycles. The van der Waals surface area contributed by atoms with Gasteiger partial charge in [-0.3, -0.25) is 14.6 Å². The van der Waals surface area contributed by atoms with Crippen LogP contribution in [0.2, 0.25) is 0 Å². The van der Waals surface area contributed by atoms with Crippen LogP contribution in [0.4, 0.5) is 5.69 Å². The largest absolute Gasteiger partial charge is 0.380 e. The number of fused-ring (bicyclic) bond motifs is 1. The fourth-order valence-electron chi connectivity index (χ4n) is 3.04. The minimum absolute atomic E-state index is 0.137. The maximum Gasteiger partial charge on any atom is 0.252 e. The molecule has 6 nitrogen and oxygen atoms in total. The van der Waals surface area contributed by atoms with Crippen molar-refractivity contribution in [2.45, 2.75) is 19.8 Å². The smallest absolute Gasteiger partial charge is 0.252 e. The van der Waals surface area contributed by atoms with E-state index in [9.17, 15) is 9.59 Å². The first-order valence-corrected chi connectivity index (χ1v) is 8.81. The SMILES string of the molecule is CCOCCNC(=O)c1cncc(-c2ccc3c(c2)CCC(=O)N3C)c1. The quantitative estimate of drug-likeness (QED) is 0.810. The van der Waals surface area contributed by atoms with E-state index in [-0.39, 0.29) is 11.8 Å². The monoisotopic (exact) mass is 353 g/mol. The fraction of sp³-hybridized carbons (Fsp3) is 0.350. The van der Waals surface area contributed by atoms with Crippen molar-refractivity contribution < 1.29 is 14.3 Å². The first-order valence-electron chi connectivity index (χ1n) is 8.81. The predicted molar refractivity (Wildman–Crippen MR) is 100 cm³/mol. The number of nitrogens with one attached hydrogen (secondary N) is 1. The number of pyridine rings is 1. The third kappa shape index (κ3) is 3.91. The van der Waals surface area contributed by atoms with Gasteiger partial charge in [0.2, 0.25) is 5.91 Å². The van der Waals surface area contributed by atoms with Gasteiger partial charge in [0.15, 0.2) is 0 Å². The van der Waals surface area contributed by atoms with Gasteiger partial charge >= 0.3 is 0 Å². The number of aromatic nitrogens is 1. The summed E-state index contributed by atoms with van der Waals surface area (Å²) in [4.78, 5) is 30.0. The molecule has 1 aromatic heterocycles.